The van der Waals surface area contributed by atoms with E-state index in [1.165, 1.54) is 18.5 Å². The molecule has 0 saturated carbocycles. The number of rotatable bonds is 9. The zero-order valence-corrected chi connectivity index (χ0v) is 20.7. The summed E-state index contributed by atoms with van der Waals surface area (Å²) in [5.74, 6) is 1.05. The maximum Gasteiger partial charge on any atom is 0.230 e. The first-order chi connectivity index (χ1) is 16.8. The van der Waals surface area contributed by atoms with Gasteiger partial charge in [-0.1, -0.05) is 6.92 Å². The van der Waals surface area contributed by atoms with Crippen LogP contribution in [-0.2, 0) is 7.05 Å². The standard InChI is InChI=1S/C25H31FN8O/c1-6-32(2)9-10-33(3)22-13-23(35-5)20(12-19(22)27)30-25-29-15-28-24(31-25)18-14-34(4)21-8-7-16(26)11-17(18)21/h7-8,11-15H,6,9-10,27H2,1-5H3,(H,28,29,30,31). The number of halogens is 1. The Balaban J connectivity index is 1.62. The first-order valence-corrected chi connectivity index (χ1v) is 11.4. The van der Waals surface area contributed by atoms with Crippen molar-refractivity contribution in [2.75, 3.05) is 56.8 Å². The number of fused-ring (bicyclic) bond motifs is 1. The fourth-order valence-electron chi connectivity index (χ4n) is 3.93. The number of methoxy groups -OCH3 is 1. The summed E-state index contributed by atoms with van der Waals surface area (Å²) in [6, 6.07) is 8.37. The second-order valence-electron chi connectivity index (χ2n) is 8.50. The summed E-state index contributed by atoms with van der Waals surface area (Å²) in [4.78, 5) is 17.5. The third kappa shape index (κ3) is 5.12. The Morgan fingerprint density at radius 2 is 1.94 bits per heavy atom. The molecule has 4 aromatic rings. The average Bonchev–Trinajstić information content (AvgIpc) is 3.18. The molecular weight excluding hydrogens is 447 g/mol. The van der Waals surface area contributed by atoms with Gasteiger partial charge in [-0.15, -0.1) is 0 Å². The van der Waals surface area contributed by atoms with Gasteiger partial charge in [0, 0.05) is 55.9 Å². The number of nitrogens with zero attached hydrogens (tertiary/aromatic N) is 6. The normalized spacial score (nSPS) is 11.3. The zero-order chi connectivity index (χ0) is 25.1. The largest absolute Gasteiger partial charge is 0.494 e. The van der Waals surface area contributed by atoms with Crippen LogP contribution in [0.15, 0.2) is 42.9 Å². The minimum atomic E-state index is -0.316. The molecular formula is C25H31FN8O. The number of hydrogen-bond acceptors (Lipinski definition) is 8. The van der Waals surface area contributed by atoms with Crippen molar-refractivity contribution in [3.8, 4) is 17.1 Å². The minimum Gasteiger partial charge on any atom is -0.494 e. The summed E-state index contributed by atoms with van der Waals surface area (Å²) < 4.78 is 21.5. The Kier molecular flexibility index (Phi) is 7.02. The number of hydrogen-bond donors (Lipinski definition) is 2. The molecule has 2 aromatic heterocycles. The van der Waals surface area contributed by atoms with E-state index < -0.39 is 0 Å². The maximum atomic E-state index is 13.9. The molecule has 0 bridgehead atoms. The van der Waals surface area contributed by atoms with Gasteiger partial charge in [-0.25, -0.2) is 14.4 Å². The molecule has 10 heteroatoms. The summed E-state index contributed by atoms with van der Waals surface area (Å²) in [7, 11) is 7.60. The van der Waals surface area contributed by atoms with Crippen LogP contribution in [0.3, 0.4) is 0 Å². The highest BCUT2D eigenvalue weighted by molar-refractivity contribution is 5.94. The fourth-order valence-corrected chi connectivity index (χ4v) is 3.93. The molecule has 0 amide bonds. The minimum absolute atomic E-state index is 0.316. The number of anilines is 4. The van der Waals surface area contributed by atoms with E-state index in [0.717, 1.165) is 36.2 Å². The fraction of sp³-hybridized carbons (Fsp3) is 0.320. The van der Waals surface area contributed by atoms with Crippen molar-refractivity contribution >= 4 is 33.9 Å². The van der Waals surface area contributed by atoms with Crippen molar-refractivity contribution < 1.29 is 9.13 Å². The molecule has 2 heterocycles. The first kappa shape index (κ1) is 24.2. The van der Waals surface area contributed by atoms with Gasteiger partial charge in [0.1, 0.15) is 17.9 Å². The monoisotopic (exact) mass is 478 g/mol. The molecule has 0 saturated heterocycles. The molecule has 184 valence electrons. The van der Waals surface area contributed by atoms with Gasteiger partial charge in [-0.05, 0) is 37.9 Å². The molecule has 0 aliphatic carbocycles. The quantitative estimate of drug-likeness (QED) is 0.350. The van der Waals surface area contributed by atoms with Gasteiger partial charge in [-0.2, -0.15) is 4.98 Å². The number of benzene rings is 2. The smallest absolute Gasteiger partial charge is 0.230 e. The highest BCUT2D eigenvalue weighted by atomic mass is 19.1. The number of nitrogens with two attached hydrogens (primary N) is 1. The van der Waals surface area contributed by atoms with Crippen molar-refractivity contribution in [3.05, 3.63) is 48.7 Å². The molecule has 2 aromatic carbocycles. The van der Waals surface area contributed by atoms with Crippen LogP contribution >= 0.6 is 0 Å². The molecule has 0 atom stereocenters. The van der Waals surface area contributed by atoms with Gasteiger partial charge in [0.25, 0.3) is 0 Å². The second kappa shape index (κ2) is 10.1. The summed E-state index contributed by atoms with van der Waals surface area (Å²) in [6.07, 6.45) is 3.30. The van der Waals surface area contributed by atoms with Crippen molar-refractivity contribution in [2.24, 2.45) is 7.05 Å². The first-order valence-electron chi connectivity index (χ1n) is 11.4. The summed E-state index contributed by atoms with van der Waals surface area (Å²) in [6.45, 7) is 4.85. The van der Waals surface area contributed by atoms with E-state index in [1.807, 2.05) is 37.0 Å². The van der Waals surface area contributed by atoms with E-state index >= 15 is 0 Å². The van der Waals surface area contributed by atoms with Crippen LogP contribution in [-0.4, -0.2) is 65.3 Å². The Morgan fingerprint density at radius 3 is 2.69 bits per heavy atom. The van der Waals surface area contributed by atoms with E-state index in [9.17, 15) is 4.39 Å². The van der Waals surface area contributed by atoms with Crippen LogP contribution < -0.4 is 20.7 Å². The average molecular weight is 479 g/mol. The Hall–Kier alpha value is -3.92. The number of ether oxygens (including phenoxy) is 1. The van der Waals surface area contributed by atoms with Crippen molar-refractivity contribution in [1.82, 2.24) is 24.4 Å². The third-order valence-electron chi connectivity index (χ3n) is 6.13. The molecule has 9 nitrogen and oxygen atoms in total. The van der Waals surface area contributed by atoms with Crippen LogP contribution in [0.1, 0.15) is 6.92 Å². The van der Waals surface area contributed by atoms with Crippen LogP contribution in [0.25, 0.3) is 22.3 Å². The Morgan fingerprint density at radius 1 is 1.14 bits per heavy atom. The number of aryl methyl sites for hydroxylation is 1. The molecule has 0 radical (unpaired) electrons. The highest BCUT2D eigenvalue weighted by Gasteiger charge is 2.16. The number of aromatic nitrogens is 4. The van der Waals surface area contributed by atoms with E-state index in [-0.39, 0.29) is 5.82 Å². The lowest BCUT2D eigenvalue weighted by Crippen LogP contribution is -2.31. The van der Waals surface area contributed by atoms with E-state index in [0.29, 0.717) is 34.5 Å². The van der Waals surface area contributed by atoms with Gasteiger partial charge in [-0.3, -0.25) is 0 Å². The van der Waals surface area contributed by atoms with Crippen LogP contribution in [0.4, 0.5) is 27.4 Å². The van der Waals surface area contributed by atoms with Gasteiger partial charge in [0.15, 0.2) is 5.82 Å². The van der Waals surface area contributed by atoms with E-state index in [4.69, 9.17) is 10.5 Å². The third-order valence-corrected chi connectivity index (χ3v) is 6.13. The summed E-state index contributed by atoms with van der Waals surface area (Å²) in [5.41, 5.74) is 10.1. The molecule has 0 unspecified atom stereocenters. The molecule has 4 rings (SSSR count). The predicted octanol–water partition coefficient (Wildman–Crippen LogP) is 3.89. The van der Waals surface area contributed by atoms with E-state index in [1.54, 1.807) is 13.2 Å². The van der Waals surface area contributed by atoms with Crippen molar-refractivity contribution in [3.63, 3.8) is 0 Å². The van der Waals surface area contributed by atoms with Gasteiger partial charge < -0.3 is 30.2 Å². The van der Waals surface area contributed by atoms with Crippen molar-refractivity contribution in [1.29, 1.82) is 0 Å². The van der Waals surface area contributed by atoms with Gasteiger partial charge in [0.2, 0.25) is 5.95 Å². The van der Waals surface area contributed by atoms with Gasteiger partial charge >= 0.3 is 0 Å². The van der Waals surface area contributed by atoms with Crippen LogP contribution in [0, 0.1) is 5.82 Å². The topological polar surface area (TPSA) is 97.4 Å². The Labute approximate surface area is 204 Å². The lowest BCUT2D eigenvalue weighted by atomic mass is 10.1. The SMILES string of the molecule is CCN(C)CCN(C)c1cc(OC)c(Nc2ncnc(-c3cn(C)c4ccc(F)cc34)n2)cc1N. The number of likely N-dealkylation sites (N-methyl/N-ethyl adjacent to an activating group) is 2. The molecule has 35 heavy (non-hydrogen) atoms. The Bertz CT molecular complexity index is 1340. The zero-order valence-electron chi connectivity index (χ0n) is 20.7. The summed E-state index contributed by atoms with van der Waals surface area (Å²) >= 11 is 0. The molecule has 0 aliphatic heterocycles. The van der Waals surface area contributed by atoms with Gasteiger partial charge in [0.05, 0.1) is 24.2 Å². The number of nitrogen functional groups attached to an aromatic ring is 1. The summed E-state index contributed by atoms with van der Waals surface area (Å²) in [5, 5.41) is 3.92. The number of nitrogens with one attached hydrogen (secondary N) is 1. The lowest BCUT2D eigenvalue weighted by Gasteiger charge is -2.25. The van der Waals surface area contributed by atoms with Crippen molar-refractivity contribution in [2.45, 2.75) is 6.92 Å². The van der Waals surface area contributed by atoms with E-state index in [2.05, 4.69) is 44.0 Å². The highest BCUT2D eigenvalue weighted by Crippen LogP contribution is 2.36. The second-order valence-corrected chi connectivity index (χ2v) is 8.50. The lowest BCUT2D eigenvalue weighted by molar-refractivity contribution is 0.360. The molecule has 3 N–H and O–H groups in total. The molecule has 0 fully saturated rings. The predicted molar refractivity (Wildman–Crippen MR) is 139 cm³/mol. The molecule has 0 spiro atoms. The molecule has 0 aliphatic rings. The van der Waals surface area contributed by atoms with Crippen LogP contribution in [0.2, 0.25) is 0 Å². The van der Waals surface area contributed by atoms with Crippen LogP contribution in [0.5, 0.6) is 5.75 Å². The maximum absolute atomic E-state index is 13.9.